The zero-order valence-electron chi connectivity index (χ0n) is 13.9. The number of methoxy groups -OCH3 is 3. The fraction of sp³-hybridized carbons (Fsp3) is 0.500. The second-order valence-electron chi connectivity index (χ2n) is 5.63. The summed E-state index contributed by atoms with van der Waals surface area (Å²) in [5.41, 5.74) is 1.07. The third-order valence-corrected chi connectivity index (χ3v) is 4.00. The molecule has 0 saturated carbocycles. The van der Waals surface area contributed by atoms with E-state index in [1.165, 1.54) is 0 Å². The van der Waals surface area contributed by atoms with Gasteiger partial charge in [0.15, 0.2) is 5.82 Å². The van der Waals surface area contributed by atoms with Crippen molar-refractivity contribution in [3.8, 4) is 11.5 Å². The monoisotopic (exact) mass is 318 g/mol. The predicted octanol–water partition coefficient (Wildman–Crippen LogP) is 2.24. The predicted molar refractivity (Wildman–Crippen MR) is 86.1 cm³/mol. The number of hydrogen-bond acceptors (Lipinski definition) is 6. The largest absolute Gasteiger partial charge is 0.497 e. The number of rotatable bonds is 5. The number of nitrogens with one attached hydrogen (secondary N) is 1. The molecular formula is C16H22N4O3. The van der Waals surface area contributed by atoms with Gasteiger partial charge in [-0.15, -0.1) is 0 Å². The molecule has 1 aliphatic rings. The number of fused-ring (bicyclic) bond motifs is 1. The van der Waals surface area contributed by atoms with Crippen molar-refractivity contribution in [1.82, 2.24) is 14.8 Å². The molecule has 124 valence electrons. The van der Waals surface area contributed by atoms with Gasteiger partial charge in [-0.2, -0.15) is 10.1 Å². The van der Waals surface area contributed by atoms with Crippen LogP contribution in [-0.4, -0.2) is 42.1 Å². The van der Waals surface area contributed by atoms with E-state index >= 15 is 0 Å². The summed E-state index contributed by atoms with van der Waals surface area (Å²) in [6, 6.07) is 6.22. The first-order chi connectivity index (χ1) is 11.2. The maximum absolute atomic E-state index is 5.56. The molecule has 1 N–H and O–H groups in total. The summed E-state index contributed by atoms with van der Waals surface area (Å²) in [4.78, 5) is 4.51. The number of ether oxygens (including phenoxy) is 3. The van der Waals surface area contributed by atoms with E-state index in [-0.39, 0.29) is 6.04 Å². The van der Waals surface area contributed by atoms with E-state index in [4.69, 9.17) is 14.2 Å². The van der Waals surface area contributed by atoms with Gasteiger partial charge in [-0.05, 0) is 25.5 Å². The standard InChI is InChI=1S/C16H22N4O3/c1-10-7-13(12-6-5-11(22-3)8-14(12)23-4)20-16(17-10)18-15(19-20)9-21-2/h5-6,8,10,13H,7,9H2,1-4H3,(H,17,18,19)/t10-,13+/m1/s1. The molecule has 2 aromatic rings. The highest BCUT2D eigenvalue weighted by Gasteiger charge is 2.30. The first-order valence-electron chi connectivity index (χ1n) is 7.59. The van der Waals surface area contributed by atoms with Crippen LogP contribution in [0.3, 0.4) is 0 Å². The molecule has 1 aromatic carbocycles. The highest BCUT2D eigenvalue weighted by Crippen LogP contribution is 2.37. The van der Waals surface area contributed by atoms with Crippen LogP contribution in [0, 0.1) is 0 Å². The van der Waals surface area contributed by atoms with Gasteiger partial charge in [0, 0.05) is 24.8 Å². The fourth-order valence-electron chi connectivity index (χ4n) is 2.94. The van der Waals surface area contributed by atoms with Crippen LogP contribution in [0.15, 0.2) is 18.2 Å². The topological polar surface area (TPSA) is 70.4 Å². The Morgan fingerprint density at radius 3 is 2.78 bits per heavy atom. The van der Waals surface area contributed by atoms with Crippen LogP contribution < -0.4 is 14.8 Å². The summed E-state index contributed by atoms with van der Waals surface area (Å²) in [7, 11) is 4.95. The first kappa shape index (κ1) is 15.6. The summed E-state index contributed by atoms with van der Waals surface area (Å²) in [5, 5.41) is 7.95. The first-order valence-corrected chi connectivity index (χ1v) is 7.59. The molecule has 2 heterocycles. The fourth-order valence-corrected chi connectivity index (χ4v) is 2.94. The second kappa shape index (κ2) is 6.45. The Balaban J connectivity index is 2.03. The average Bonchev–Trinajstić information content (AvgIpc) is 2.96. The van der Waals surface area contributed by atoms with Gasteiger partial charge in [0.2, 0.25) is 5.95 Å². The highest BCUT2D eigenvalue weighted by molar-refractivity contribution is 5.45. The van der Waals surface area contributed by atoms with Gasteiger partial charge >= 0.3 is 0 Å². The lowest BCUT2D eigenvalue weighted by atomic mass is 9.97. The Hall–Kier alpha value is -2.28. The molecule has 0 fully saturated rings. The summed E-state index contributed by atoms with van der Waals surface area (Å²) >= 11 is 0. The second-order valence-corrected chi connectivity index (χ2v) is 5.63. The van der Waals surface area contributed by atoms with Crippen LogP contribution in [0.2, 0.25) is 0 Å². The van der Waals surface area contributed by atoms with E-state index in [2.05, 4.69) is 22.3 Å². The van der Waals surface area contributed by atoms with Crippen LogP contribution in [0.1, 0.15) is 30.8 Å². The molecule has 0 unspecified atom stereocenters. The molecule has 2 atom stereocenters. The molecule has 0 amide bonds. The van der Waals surface area contributed by atoms with Gasteiger partial charge in [-0.25, -0.2) is 4.68 Å². The third-order valence-electron chi connectivity index (χ3n) is 4.00. The summed E-state index contributed by atoms with van der Waals surface area (Å²) in [6.07, 6.45) is 0.894. The van der Waals surface area contributed by atoms with Crippen LogP contribution in [-0.2, 0) is 11.3 Å². The molecule has 0 bridgehead atoms. The maximum atomic E-state index is 5.56. The van der Waals surface area contributed by atoms with Crippen molar-refractivity contribution in [3.63, 3.8) is 0 Å². The normalized spacial score (nSPS) is 19.8. The zero-order valence-corrected chi connectivity index (χ0v) is 13.9. The van der Waals surface area contributed by atoms with Crippen molar-refractivity contribution in [2.24, 2.45) is 0 Å². The number of aromatic nitrogens is 3. The van der Waals surface area contributed by atoms with E-state index in [0.29, 0.717) is 18.5 Å². The molecule has 3 rings (SSSR count). The number of benzene rings is 1. The average molecular weight is 318 g/mol. The Labute approximate surface area is 135 Å². The van der Waals surface area contributed by atoms with Crippen LogP contribution in [0.25, 0.3) is 0 Å². The van der Waals surface area contributed by atoms with Gasteiger partial charge in [0.05, 0.1) is 20.3 Å². The van der Waals surface area contributed by atoms with Gasteiger partial charge in [-0.1, -0.05) is 0 Å². The Morgan fingerprint density at radius 1 is 1.26 bits per heavy atom. The summed E-state index contributed by atoms with van der Waals surface area (Å²) in [5.74, 6) is 2.99. The molecule has 23 heavy (non-hydrogen) atoms. The van der Waals surface area contributed by atoms with Gasteiger partial charge in [0.1, 0.15) is 18.1 Å². The van der Waals surface area contributed by atoms with Crippen LogP contribution >= 0.6 is 0 Å². The minimum absolute atomic E-state index is 0.0558. The number of hydrogen-bond donors (Lipinski definition) is 1. The lowest BCUT2D eigenvalue weighted by Crippen LogP contribution is -2.31. The van der Waals surface area contributed by atoms with Crippen molar-refractivity contribution in [1.29, 1.82) is 0 Å². The summed E-state index contributed by atoms with van der Waals surface area (Å²) < 4.78 is 17.9. The Kier molecular flexibility index (Phi) is 4.38. The van der Waals surface area contributed by atoms with Gasteiger partial charge < -0.3 is 19.5 Å². The van der Waals surface area contributed by atoms with Crippen molar-refractivity contribution < 1.29 is 14.2 Å². The minimum atomic E-state index is 0.0558. The lowest BCUT2D eigenvalue weighted by Gasteiger charge is -2.30. The maximum Gasteiger partial charge on any atom is 0.222 e. The highest BCUT2D eigenvalue weighted by atomic mass is 16.5. The molecule has 0 saturated heterocycles. The van der Waals surface area contributed by atoms with Crippen LogP contribution in [0.4, 0.5) is 5.95 Å². The van der Waals surface area contributed by atoms with E-state index in [9.17, 15) is 0 Å². The van der Waals surface area contributed by atoms with E-state index in [0.717, 1.165) is 29.4 Å². The Morgan fingerprint density at radius 2 is 2.09 bits per heavy atom. The van der Waals surface area contributed by atoms with Crippen molar-refractivity contribution in [2.75, 3.05) is 26.6 Å². The van der Waals surface area contributed by atoms with Crippen molar-refractivity contribution >= 4 is 5.95 Å². The van der Waals surface area contributed by atoms with Gasteiger partial charge in [-0.3, -0.25) is 0 Å². The molecule has 0 radical (unpaired) electrons. The summed E-state index contributed by atoms with van der Waals surface area (Å²) in [6.45, 7) is 2.53. The molecule has 1 aromatic heterocycles. The SMILES string of the molecule is COCc1nc2n(n1)[C@H](c1ccc(OC)cc1OC)C[C@@H](C)N2. The van der Waals surface area contributed by atoms with Crippen molar-refractivity contribution in [3.05, 3.63) is 29.6 Å². The van der Waals surface area contributed by atoms with E-state index in [1.807, 2.05) is 22.9 Å². The Bertz CT molecular complexity index is 686. The van der Waals surface area contributed by atoms with E-state index < -0.39 is 0 Å². The quantitative estimate of drug-likeness (QED) is 0.911. The zero-order chi connectivity index (χ0) is 16.4. The smallest absolute Gasteiger partial charge is 0.222 e. The molecule has 0 aliphatic carbocycles. The number of anilines is 1. The molecule has 7 nitrogen and oxygen atoms in total. The molecule has 0 spiro atoms. The molecular weight excluding hydrogens is 296 g/mol. The molecule has 7 heteroatoms. The third kappa shape index (κ3) is 2.96. The van der Waals surface area contributed by atoms with Crippen LogP contribution in [0.5, 0.6) is 11.5 Å². The minimum Gasteiger partial charge on any atom is -0.497 e. The lowest BCUT2D eigenvalue weighted by molar-refractivity contribution is 0.177. The van der Waals surface area contributed by atoms with E-state index in [1.54, 1.807) is 21.3 Å². The van der Waals surface area contributed by atoms with Crippen molar-refractivity contribution in [2.45, 2.75) is 32.0 Å². The molecule has 1 aliphatic heterocycles. The van der Waals surface area contributed by atoms with Gasteiger partial charge in [0.25, 0.3) is 0 Å². The number of nitrogens with zero attached hydrogens (tertiary/aromatic N) is 3.